The SMILES string of the molecule is CCC(C(=O)N1CCCC(c2nc(C3CC3)ncc2-c2ccncc2)C1)c1ccccc1. The third-order valence-electron chi connectivity index (χ3n) is 6.80. The van der Waals surface area contributed by atoms with E-state index in [0.717, 1.165) is 60.6 Å². The van der Waals surface area contributed by atoms with E-state index in [9.17, 15) is 4.79 Å². The maximum Gasteiger partial charge on any atom is 0.230 e. The molecule has 0 bridgehead atoms. The number of aromatic nitrogens is 3. The zero-order valence-electron chi connectivity index (χ0n) is 18.7. The second kappa shape index (κ2) is 9.19. The lowest BCUT2D eigenvalue weighted by Crippen LogP contribution is -2.42. The van der Waals surface area contributed by atoms with Crippen LogP contribution >= 0.6 is 0 Å². The lowest BCUT2D eigenvalue weighted by molar-refractivity contribution is -0.134. The Morgan fingerprint density at radius 2 is 1.84 bits per heavy atom. The predicted octanol–water partition coefficient (Wildman–Crippen LogP) is 5.32. The van der Waals surface area contributed by atoms with E-state index in [1.54, 1.807) is 0 Å². The molecule has 0 radical (unpaired) electrons. The molecule has 1 saturated carbocycles. The summed E-state index contributed by atoms with van der Waals surface area (Å²) in [5, 5.41) is 0. The van der Waals surface area contributed by atoms with Gasteiger partial charge in [0.05, 0.1) is 11.6 Å². The van der Waals surface area contributed by atoms with Crippen LogP contribution in [0.5, 0.6) is 0 Å². The second-order valence-corrected chi connectivity index (χ2v) is 9.03. The van der Waals surface area contributed by atoms with Crippen LogP contribution in [0.25, 0.3) is 11.1 Å². The Balaban J connectivity index is 1.44. The third kappa shape index (κ3) is 4.29. The highest BCUT2D eigenvalue weighted by atomic mass is 16.2. The quantitative estimate of drug-likeness (QED) is 0.535. The van der Waals surface area contributed by atoms with Crippen LogP contribution in [0.1, 0.15) is 73.9 Å². The maximum atomic E-state index is 13.5. The number of hydrogen-bond acceptors (Lipinski definition) is 4. The lowest BCUT2D eigenvalue weighted by atomic mass is 9.88. The van der Waals surface area contributed by atoms with Gasteiger partial charge in [0.1, 0.15) is 5.82 Å². The van der Waals surface area contributed by atoms with Crippen LogP contribution in [0.4, 0.5) is 0 Å². The first-order valence-electron chi connectivity index (χ1n) is 11.9. The number of pyridine rings is 1. The molecule has 1 aromatic carbocycles. The van der Waals surface area contributed by atoms with Gasteiger partial charge in [0.2, 0.25) is 5.91 Å². The molecule has 5 nitrogen and oxygen atoms in total. The Bertz CT molecular complexity index is 1070. The smallest absolute Gasteiger partial charge is 0.230 e. The molecule has 0 N–H and O–H groups in total. The molecule has 1 amide bonds. The lowest BCUT2D eigenvalue weighted by Gasteiger charge is -2.35. The Morgan fingerprint density at radius 1 is 1.06 bits per heavy atom. The van der Waals surface area contributed by atoms with Crippen LogP contribution in [0.2, 0.25) is 0 Å². The van der Waals surface area contributed by atoms with Gasteiger partial charge in [-0.15, -0.1) is 0 Å². The zero-order valence-corrected chi connectivity index (χ0v) is 18.7. The van der Waals surface area contributed by atoms with Gasteiger partial charge in [-0.3, -0.25) is 9.78 Å². The van der Waals surface area contributed by atoms with E-state index in [1.807, 2.05) is 48.9 Å². The molecule has 0 spiro atoms. The first kappa shape index (κ1) is 20.8. The molecular formula is C27H30N4O. The van der Waals surface area contributed by atoms with Crippen molar-refractivity contribution < 1.29 is 4.79 Å². The minimum Gasteiger partial charge on any atom is -0.342 e. The number of benzene rings is 1. The van der Waals surface area contributed by atoms with Crippen LogP contribution < -0.4 is 0 Å². The minimum atomic E-state index is -0.0814. The topological polar surface area (TPSA) is 59.0 Å². The zero-order chi connectivity index (χ0) is 21.9. The summed E-state index contributed by atoms with van der Waals surface area (Å²) in [6.45, 7) is 3.65. The van der Waals surface area contributed by atoms with E-state index in [2.05, 4.69) is 28.9 Å². The first-order chi connectivity index (χ1) is 15.7. The van der Waals surface area contributed by atoms with Crippen LogP contribution in [-0.4, -0.2) is 38.8 Å². The number of amides is 1. The highest BCUT2D eigenvalue weighted by Gasteiger charge is 2.33. The molecule has 2 fully saturated rings. The molecule has 2 atom stereocenters. The van der Waals surface area contributed by atoms with Crippen molar-refractivity contribution in [1.29, 1.82) is 0 Å². The molecule has 32 heavy (non-hydrogen) atoms. The molecule has 164 valence electrons. The van der Waals surface area contributed by atoms with E-state index >= 15 is 0 Å². The van der Waals surface area contributed by atoms with Crippen molar-refractivity contribution in [3.05, 3.63) is 78.1 Å². The first-order valence-corrected chi connectivity index (χ1v) is 11.9. The molecule has 2 aromatic heterocycles. The van der Waals surface area contributed by atoms with Crippen molar-refractivity contribution >= 4 is 5.91 Å². The van der Waals surface area contributed by atoms with Gasteiger partial charge in [-0.25, -0.2) is 9.97 Å². The summed E-state index contributed by atoms with van der Waals surface area (Å²) in [4.78, 5) is 29.6. The third-order valence-corrected chi connectivity index (χ3v) is 6.80. The molecule has 2 unspecified atom stereocenters. The van der Waals surface area contributed by atoms with Crippen molar-refractivity contribution in [2.75, 3.05) is 13.1 Å². The average Bonchev–Trinajstić information content (AvgIpc) is 3.71. The number of rotatable bonds is 6. The fourth-order valence-electron chi connectivity index (χ4n) is 4.87. The van der Waals surface area contributed by atoms with Crippen molar-refractivity contribution in [3.63, 3.8) is 0 Å². The van der Waals surface area contributed by atoms with Crippen molar-refractivity contribution in [3.8, 4) is 11.1 Å². The van der Waals surface area contributed by atoms with Gasteiger partial charge >= 0.3 is 0 Å². The largest absolute Gasteiger partial charge is 0.342 e. The normalized spacial score (nSPS) is 19.5. The Labute approximate surface area is 189 Å². The number of carbonyl (C=O) groups excluding carboxylic acids is 1. The molecule has 1 saturated heterocycles. The average molecular weight is 427 g/mol. The molecule has 2 aliphatic rings. The summed E-state index contributed by atoms with van der Waals surface area (Å²) < 4.78 is 0. The van der Waals surface area contributed by atoms with Gasteiger partial charge in [0, 0.05) is 49.1 Å². The molecular weight excluding hydrogens is 396 g/mol. The summed E-state index contributed by atoms with van der Waals surface area (Å²) in [7, 11) is 0. The number of carbonyl (C=O) groups is 1. The monoisotopic (exact) mass is 426 g/mol. The Morgan fingerprint density at radius 3 is 2.56 bits per heavy atom. The number of nitrogens with zero attached hydrogens (tertiary/aromatic N) is 4. The van der Waals surface area contributed by atoms with E-state index in [1.165, 1.54) is 12.8 Å². The number of piperidine rings is 1. The van der Waals surface area contributed by atoms with Crippen LogP contribution in [-0.2, 0) is 4.79 Å². The van der Waals surface area contributed by atoms with E-state index in [-0.39, 0.29) is 17.7 Å². The fourth-order valence-corrected chi connectivity index (χ4v) is 4.87. The number of likely N-dealkylation sites (tertiary alicyclic amines) is 1. The molecule has 3 heterocycles. The van der Waals surface area contributed by atoms with Crippen LogP contribution in [0.15, 0.2) is 61.1 Å². The molecule has 1 aliphatic carbocycles. The summed E-state index contributed by atoms with van der Waals surface area (Å²) in [6.07, 6.45) is 10.8. The fraction of sp³-hybridized carbons (Fsp3) is 0.407. The molecule has 3 aromatic rings. The van der Waals surface area contributed by atoms with Crippen LogP contribution in [0, 0.1) is 0 Å². The van der Waals surface area contributed by atoms with Crippen LogP contribution in [0.3, 0.4) is 0 Å². The van der Waals surface area contributed by atoms with Gasteiger partial charge in [0.25, 0.3) is 0 Å². The van der Waals surface area contributed by atoms with Gasteiger partial charge < -0.3 is 4.90 Å². The van der Waals surface area contributed by atoms with Gasteiger partial charge in [-0.05, 0) is 55.4 Å². The van der Waals surface area contributed by atoms with Crippen molar-refractivity contribution in [1.82, 2.24) is 19.9 Å². The maximum absolute atomic E-state index is 13.5. The molecule has 1 aliphatic heterocycles. The summed E-state index contributed by atoms with van der Waals surface area (Å²) in [5.74, 6) is 1.86. The van der Waals surface area contributed by atoms with Crippen molar-refractivity contribution in [2.24, 2.45) is 0 Å². The van der Waals surface area contributed by atoms with Gasteiger partial charge in [-0.2, -0.15) is 0 Å². The second-order valence-electron chi connectivity index (χ2n) is 9.03. The van der Waals surface area contributed by atoms with Crippen molar-refractivity contribution in [2.45, 2.75) is 56.8 Å². The summed E-state index contributed by atoms with van der Waals surface area (Å²) in [6, 6.07) is 14.2. The van der Waals surface area contributed by atoms with E-state index in [0.29, 0.717) is 5.92 Å². The molecule has 5 rings (SSSR count). The highest BCUT2D eigenvalue weighted by Crippen LogP contribution is 2.40. The minimum absolute atomic E-state index is 0.0814. The van der Waals surface area contributed by atoms with E-state index in [4.69, 9.17) is 9.97 Å². The summed E-state index contributed by atoms with van der Waals surface area (Å²) in [5.41, 5.74) is 4.37. The van der Waals surface area contributed by atoms with E-state index < -0.39 is 0 Å². The standard InChI is InChI=1S/C27H30N4O/c1-2-23(19-7-4-3-5-8-19)27(32)31-16-6-9-22(18-31)25-24(20-12-14-28-15-13-20)17-29-26(30-25)21-10-11-21/h3-5,7-8,12-15,17,21-23H,2,6,9-11,16,18H2,1H3. The molecule has 5 heteroatoms. The summed E-state index contributed by atoms with van der Waals surface area (Å²) >= 11 is 0. The predicted molar refractivity (Wildman–Crippen MR) is 125 cm³/mol. The van der Waals surface area contributed by atoms with Gasteiger partial charge in [0.15, 0.2) is 0 Å². The Kier molecular flexibility index (Phi) is 5.97. The Hall–Kier alpha value is -3.08. The highest BCUT2D eigenvalue weighted by molar-refractivity contribution is 5.84. The number of hydrogen-bond donors (Lipinski definition) is 0. The van der Waals surface area contributed by atoms with Gasteiger partial charge in [-0.1, -0.05) is 37.3 Å².